The zero-order valence-corrected chi connectivity index (χ0v) is 14.6. The number of pyridine rings is 1. The second-order valence-electron chi connectivity index (χ2n) is 4.69. The molecule has 1 heterocycles. The van der Waals surface area contributed by atoms with E-state index >= 15 is 0 Å². The number of halogens is 2. The lowest BCUT2D eigenvalue weighted by Crippen LogP contribution is -2.33. The molecule has 2 rings (SSSR count). The van der Waals surface area contributed by atoms with E-state index in [0.717, 1.165) is 14.5 Å². The second kappa shape index (κ2) is 7.04. The number of benzene rings is 1. The van der Waals surface area contributed by atoms with Crippen LogP contribution in [0.1, 0.15) is 5.56 Å². The number of carbonyl (C=O) groups excluding carboxylic acids is 1. The molecule has 110 valence electrons. The Hall–Kier alpha value is -1.40. The lowest BCUT2D eigenvalue weighted by Gasteiger charge is -2.18. The normalized spacial score (nSPS) is 10.4. The number of rotatable bonds is 4. The number of hydrogen-bond donors (Lipinski definition) is 0. The van der Waals surface area contributed by atoms with Crippen LogP contribution in [0.5, 0.6) is 0 Å². The van der Waals surface area contributed by atoms with Crippen molar-refractivity contribution in [3.05, 3.63) is 67.5 Å². The van der Waals surface area contributed by atoms with Gasteiger partial charge in [-0.3, -0.25) is 9.59 Å². The van der Waals surface area contributed by atoms with Gasteiger partial charge in [-0.1, -0.05) is 28.1 Å². The predicted molar refractivity (Wildman–Crippen MR) is 89.0 cm³/mol. The summed E-state index contributed by atoms with van der Waals surface area (Å²) < 4.78 is 3.16. The van der Waals surface area contributed by atoms with Gasteiger partial charge in [0.15, 0.2) is 0 Å². The predicted octanol–water partition coefficient (Wildman–Crippen LogP) is 3.03. The highest BCUT2D eigenvalue weighted by Gasteiger charge is 2.11. The molecule has 0 saturated heterocycles. The van der Waals surface area contributed by atoms with E-state index in [1.807, 2.05) is 24.3 Å². The highest BCUT2D eigenvalue weighted by atomic mass is 79.9. The van der Waals surface area contributed by atoms with Crippen molar-refractivity contribution < 1.29 is 4.79 Å². The zero-order valence-electron chi connectivity index (χ0n) is 11.4. The Balaban J connectivity index is 2.04. The Morgan fingerprint density at radius 3 is 2.38 bits per heavy atom. The molecule has 1 aromatic carbocycles. The molecule has 0 unspecified atom stereocenters. The number of hydrogen-bond acceptors (Lipinski definition) is 2. The second-order valence-corrected chi connectivity index (χ2v) is 6.52. The van der Waals surface area contributed by atoms with Crippen LogP contribution in [0.3, 0.4) is 0 Å². The highest BCUT2D eigenvalue weighted by Crippen LogP contribution is 2.12. The maximum Gasteiger partial charge on any atom is 0.251 e. The van der Waals surface area contributed by atoms with Gasteiger partial charge in [0.2, 0.25) is 5.91 Å². The van der Waals surface area contributed by atoms with Crippen molar-refractivity contribution in [1.82, 2.24) is 9.47 Å². The summed E-state index contributed by atoms with van der Waals surface area (Å²) in [6, 6.07) is 10.9. The number of amides is 1. The molecule has 1 aromatic heterocycles. The molecule has 0 saturated carbocycles. The molecule has 0 fully saturated rings. The summed E-state index contributed by atoms with van der Waals surface area (Å²) in [6.45, 7) is 0.542. The Bertz CT molecular complexity index is 696. The van der Waals surface area contributed by atoms with Crippen molar-refractivity contribution in [3.8, 4) is 0 Å². The minimum absolute atomic E-state index is 0.0330. The van der Waals surface area contributed by atoms with Gasteiger partial charge in [0.25, 0.3) is 5.56 Å². The number of likely N-dealkylation sites (N-methyl/N-ethyl adjacent to an activating group) is 1. The van der Waals surface area contributed by atoms with Gasteiger partial charge in [-0.25, -0.2) is 0 Å². The standard InChI is InChI=1S/C15H14Br2N2O2/c1-18(8-11-2-4-12(16)5-3-11)15(21)10-19-9-13(17)6-7-14(19)20/h2-7,9H,8,10H2,1H3. The smallest absolute Gasteiger partial charge is 0.251 e. The molecule has 0 radical (unpaired) electrons. The Morgan fingerprint density at radius 1 is 1.10 bits per heavy atom. The van der Waals surface area contributed by atoms with E-state index in [1.54, 1.807) is 24.2 Å². The Morgan fingerprint density at radius 2 is 1.71 bits per heavy atom. The molecular formula is C15H14Br2N2O2. The average Bonchev–Trinajstić information content (AvgIpc) is 2.45. The third-order valence-electron chi connectivity index (χ3n) is 3.01. The Kier molecular flexibility index (Phi) is 5.36. The van der Waals surface area contributed by atoms with Gasteiger partial charge in [0, 0.05) is 34.8 Å². The topological polar surface area (TPSA) is 42.3 Å². The highest BCUT2D eigenvalue weighted by molar-refractivity contribution is 9.10. The van der Waals surface area contributed by atoms with Crippen molar-refractivity contribution in [3.63, 3.8) is 0 Å². The van der Waals surface area contributed by atoms with Gasteiger partial charge >= 0.3 is 0 Å². The van der Waals surface area contributed by atoms with Crippen molar-refractivity contribution in [2.75, 3.05) is 7.05 Å². The van der Waals surface area contributed by atoms with E-state index in [2.05, 4.69) is 31.9 Å². The summed E-state index contributed by atoms with van der Waals surface area (Å²) in [5.74, 6) is -0.113. The quantitative estimate of drug-likeness (QED) is 0.773. The van der Waals surface area contributed by atoms with Crippen LogP contribution in [0.25, 0.3) is 0 Å². The lowest BCUT2D eigenvalue weighted by atomic mass is 10.2. The third kappa shape index (κ3) is 4.54. The molecule has 1 amide bonds. The van der Waals surface area contributed by atoms with Crippen LogP contribution < -0.4 is 5.56 Å². The van der Waals surface area contributed by atoms with E-state index in [0.29, 0.717) is 6.54 Å². The van der Waals surface area contributed by atoms with Crippen LogP contribution in [0, 0.1) is 0 Å². The summed E-state index contributed by atoms with van der Waals surface area (Å²) >= 11 is 6.67. The van der Waals surface area contributed by atoms with Gasteiger partial charge in [-0.2, -0.15) is 0 Å². The molecule has 6 heteroatoms. The Labute approximate surface area is 139 Å². The molecule has 0 aliphatic rings. The molecule has 0 aliphatic carbocycles. The van der Waals surface area contributed by atoms with Gasteiger partial charge < -0.3 is 9.47 Å². The van der Waals surface area contributed by atoms with Crippen molar-refractivity contribution in [2.45, 2.75) is 13.1 Å². The van der Waals surface area contributed by atoms with Crippen molar-refractivity contribution in [2.24, 2.45) is 0 Å². The maximum atomic E-state index is 12.2. The zero-order chi connectivity index (χ0) is 15.4. The largest absolute Gasteiger partial charge is 0.340 e. The maximum absolute atomic E-state index is 12.2. The molecule has 0 N–H and O–H groups in total. The van der Waals surface area contributed by atoms with E-state index < -0.39 is 0 Å². The molecule has 0 spiro atoms. The summed E-state index contributed by atoms with van der Waals surface area (Å²) in [7, 11) is 1.73. The summed E-state index contributed by atoms with van der Waals surface area (Å²) in [5, 5.41) is 0. The fourth-order valence-electron chi connectivity index (χ4n) is 1.84. The van der Waals surface area contributed by atoms with Crippen LogP contribution in [0.4, 0.5) is 0 Å². The van der Waals surface area contributed by atoms with E-state index in [9.17, 15) is 9.59 Å². The lowest BCUT2D eigenvalue weighted by molar-refractivity contribution is -0.131. The first-order valence-corrected chi connectivity index (χ1v) is 7.89. The minimum Gasteiger partial charge on any atom is -0.340 e. The summed E-state index contributed by atoms with van der Waals surface area (Å²) in [6.07, 6.45) is 1.62. The number of aromatic nitrogens is 1. The first-order valence-electron chi connectivity index (χ1n) is 6.30. The van der Waals surface area contributed by atoms with Crippen LogP contribution in [-0.4, -0.2) is 22.4 Å². The number of nitrogens with zero attached hydrogens (tertiary/aromatic N) is 2. The van der Waals surface area contributed by atoms with Crippen LogP contribution in [0.15, 0.2) is 56.3 Å². The minimum atomic E-state index is -0.191. The first-order chi connectivity index (χ1) is 9.95. The summed E-state index contributed by atoms with van der Waals surface area (Å²) in [5.41, 5.74) is 0.847. The SMILES string of the molecule is CN(Cc1ccc(Br)cc1)C(=O)Cn1cc(Br)ccc1=O. The molecule has 0 atom stereocenters. The van der Waals surface area contributed by atoms with Gasteiger partial charge in [0.05, 0.1) is 0 Å². The fraction of sp³-hybridized carbons (Fsp3) is 0.200. The van der Waals surface area contributed by atoms with Crippen molar-refractivity contribution in [1.29, 1.82) is 0 Å². The monoisotopic (exact) mass is 412 g/mol. The van der Waals surface area contributed by atoms with Crippen LogP contribution in [0.2, 0.25) is 0 Å². The van der Waals surface area contributed by atoms with Gasteiger partial charge in [-0.05, 0) is 39.7 Å². The number of carbonyl (C=O) groups is 1. The molecule has 0 bridgehead atoms. The molecule has 21 heavy (non-hydrogen) atoms. The van der Waals surface area contributed by atoms with E-state index in [4.69, 9.17) is 0 Å². The molecule has 2 aromatic rings. The first kappa shape index (κ1) is 16.0. The van der Waals surface area contributed by atoms with Crippen molar-refractivity contribution >= 4 is 37.8 Å². The molecular weight excluding hydrogens is 400 g/mol. The van der Waals surface area contributed by atoms with Gasteiger partial charge in [-0.15, -0.1) is 0 Å². The molecule has 4 nitrogen and oxygen atoms in total. The van der Waals surface area contributed by atoms with Crippen LogP contribution >= 0.6 is 31.9 Å². The fourth-order valence-corrected chi connectivity index (χ4v) is 2.49. The van der Waals surface area contributed by atoms with E-state index in [-0.39, 0.29) is 18.0 Å². The summed E-state index contributed by atoms with van der Waals surface area (Å²) in [4.78, 5) is 25.5. The average molecular weight is 414 g/mol. The van der Waals surface area contributed by atoms with Crippen LogP contribution in [-0.2, 0) is 17.9 Å². The third-order valence-corrected chi connectivity index (χ3v) is 4.01. The van der Waals surface area contributed by atoms with Gasteiger partial charge in [0.1, 0.15) is 6.54 Å². The molecule has 0 aliphatic heterocycles. The van der Waals surface area contributed by atoms with E-state index in [1.165, 1.54) is 10.6 Å².